The number of hydrogen-bond acceptors (Lipinski definition) is 3. The molecular weight excluding hydrogens is 130 g/mol. The van der Waals surface area contributed by atoms with E-state index < -0.39 is 0 Å². The summed E-state index contributed by atoms with van der Waals surface area (Å²) in [4.78, 5) is 10.4. The molecule has 0 aromatic rings. The van der Waals surface area contributed by atoms with Crippen LogP contribution in [0, 0.1) is 0 Å². The molecule has 1 aliphatic rings. The zero-order valence-corrected chi connectivity index (χ0v) is 5.91. The van der Waals surface area contributed by atoms with Gasteiger partial charge < -0.3 is 10.5 Å². The third-order valence-corrected chi connectivity index (χ3v) is 1.46. The van der Waals surface area contributed by atoms with E-state index in [-0.39, 0.29) is 18.1 Å². The minimum Gasteiger partial charge on any atom is -0.457 e. The standard InChI is InChI=1S/C7H11NO2/c1-5(9)10-7-4-2-3-6(7)8/h2,4,6-7H,3,8H2,1H3. The molecule has 0 fully saturated rings. The fourth-order valence-corrected chi connectivity index (χ4v) is 0.965. The summed E-state index contributed by atoms with van der Waals surface area (Å²) in [6, 6.07) is -0.0381. The van der Waals surface area contributed by atoms with Crippen LogP contribution in [0.5, 0.6) is 0 Å². The molecule has 56 valence electrons. The van der Waals surface area contributed by atoms with Crippen LogP contribution in [0.15, 0.2) is 12.2 Å². The van der Waals surface area contributed by atoms with Crippen LogP contribution in [-0.4, -0.2) is 18.1 Å². The molecule has 0 saturated heterocycles. The van der Waals surface area contributed by atoms with Crippen molar-refractivity contribution in [1.82, 2.24) is 0 Å². The molecular formula is C7H11NO2. The lowest BCUT2D eigenvalue weighted by atomic mass is 10.2. The van der Waals surface area contributed by atoms with Gasteiger partial charge in [0.15, 0.2) is 0 Å². The van der Waals surface area contributed by atoms with Gasteiger partial charge in [0.25, 0.3) is 0 Å². The lowest BCUT2D eigenvalue weighted by Gasteiger charge is -2.13. The summed E-state index contributed by atoms with van der Waals surface area (Å²) in [5, 5.41) is 0. The Balaban J connectivity index is 2.40. The van der Waals surface area contributed by atoms with Crippen molar-refractivity contribution in [3.63, 3.8) is 0 Å². The number of ether oxygens (including phenoxy) is 1. The quantitative estimate of drug-likeness (QED) is 0.419. The second-order valence-electron chi connectivity index (χ2n) is 2.40. The van der Waals surface area contributed by atoms with Crippen molar-refractivity contribution >= 4 is 5.97 Å². The first-order chi connectivity index (χ1) is 4.70. The van der Waals surface area contributed by atoms with Gasteiger partial charge in [-0.15, -0.1) is 0 Å². The first-order valence-corrected chi connectivity index (χ1v) is 3.29. The Labute approximate surface area is 59.8 Å². The molecule has 0 radical (unpaired) electrons. The molecule has 0 aliphatic heterocycles. The lowest BCUT2D eigenvalue weighted by Crippen LogP contribution is -2.32. The van der Waals surface area contributed by atoms with Crippen molar-refractivity contribution in [2.45, 2.75) is 25.5 Å². The van der Waals surface area contributed by atoms with E-state index in [1.54, 1.807) is 0 Å². The van der Waals surface area contributed by atoms with Crippen molar-refractivity contribution in [3.05, 3.63) is 12.2 Å². The number of hydrogen-bond donors (Lipinski definition) is 1. The third kappa shape index (κ3) is 1.57. The van der Waals surface area contributed by atoms with E-state index >= 15 is 0 Å². The molecule has 0 amide bonds. The van der Waals surface area contributed by atoms with Crippen LogP contribution in [0.3, 0.4) is 0 Å². The first-order valence-electron chi connectivity index (χ1n) is 3.29. The molecule has 2 unspecified atom stereocenters. The topological polar surface area (TPSA) is 52.3 Å². The van der Waals surface area contributed by atoms with E-state index in [1.165, 1.54) is 6.92 Å². The number of carbonyl (C=O) groups excluding carboxylic acids is 1. The fraction of sp³-hybridized carbons (Fsp3) is 0.571. The number of carbonyl (C=O) groups is 1. The minimum absolute atomic E-state index is 0.0381. The highest BCUT2D eigenvalue weighted by molar-refractivity contribution is 5.66. The van der Waals surface area contributed by atoms with Crippen LogP contribution in [0.25, 0.3) is 0 Å². The largest absolute Gasteiger partial charge is 0.457 e. The Kier molecular flexibility index (Phi) is 2.06. The third-order valence-electron chi connectivity index (χ3n) is 1.46. The summed E-state index contributed by atoms with van der Waals surface area (Å²) >= 11 is 0. The molecule has 1 aliphatic carbocycles. The van der Waals surface area contributed by atoms with Gasteiger partial charge >= 0.3 is 5.97 Å². The Hall–Kier alpha value is -0.830. The summed E-state index contributed by atoms with van der Waals surface area (Å²) in [5.41, 5.74) is 5.59. The summed E-state index contributed by atoms with van der Waals surface area (Å²) in [6.07, 6.45) is 4.36. The van der Waals surface area contributed by atoms with Crippen LogP contribution >= 0.6 is 0 Å². The van der Waals surface area contributed by atoms with E-state index in [2.05, 4.69) is 0 Å². The molecule has 3 nitrogen and oxygen atoms in total. The van der Waals surface area contributed by atoms with E-state index in [4.69, 9.17) is 10.5 Å². The van der Waals surface area contributed by atoms with E-state index in [9.17, 15) is 4.79 Å². The molecule has 0 saturated carbocycles. The number of esters is 1. The summed E-state index contributed by atoms with van der Waals surface area (Å²) in [7, 11) is 0. The van der Waals surface area contributed by atoms with Crippen LogP contribution in [0.1, 0.15) is 13.3 Å². The van der Waals surface area contributed by atoms with Crippen LogP contribution in [-0.2, 0) is 9.53 Å². The smallest absolute Gasteiger partial charge is 0.303 e. The molecule has 0 bridgehead atoms. The monoisotopic (exact) mass is 141 g/mol. The van der Waals surface area contributed by atoms with E-state index in [0.717, 1.165) is 6.42 Å². The SMILES string of the molecule is CC(=O)OC1C=CCC1N. The highest BCUT2D eigenvalue weighted by atomic mass is 16.5. The van der Waals surface area contributed by atoms with Crippen molar-refractivity contribution in [1.29, 1.82) is 0 Å². The molecule has 0 aromatic carbocycles. The van der Waals surface area contributed by atoms with Gasteiger partial charge in [-0.1, -0.05) is 6.08 Å². The average molecular weight is 141 g/mol. The van der Waals surface area contributed by atoms with Crippen molar-refractivity contribution in [2.75, 3.05) is 0 Å². The normalized spacial score (nSPS) is 30.6. The highest BCUT2D eigenvalue weighted by Gasteiger charge is 2.20. The predicted octanol–water partition coefficient (Wildman–Crippen LogP) is 0.205. The molecule has 0 heterocycles. The molecule has 0 spiro atoms. The molecule has 2 N–H and O–H groups in total. The molecule has 10 heavy (non-hydrogen) atoms. The summed E-state index contributed by atoms with van der Waals surface area (Å²) in [6.45, 7) is 1.39. The lowest BCUT2D eigenvalue weighted by molar-refractivity contribution is -0.144. The Morgan fingerprint density at radius 3 is 2.90 bits per heavy atom. The maximum Gasteiger partial charge on any atom is 0.303 e. The average Bonchev–Trinajstić information content (AvgIpc) is 2.15. The van der Waals surface area contributed by atoms with Gasteiger partial charge in [0.1, 0.15) is 6.10 Å². The van der Waals surface area contributed by atoms with Crippen molar-refractivity contribution < 1.29 is 9.53 Å². The number of nitrogens with two attached hydrogens (primary N) is 1. The minimum atomic E-state index is -0.271. The molecule has 2 atom stereocenters. The molecule has 1 rings (SSSR count). The molecule has 3 heteroatoms. The van der Waals surface area contributed by atoms with Gasteiger partial charge in [-0.3, -0.25) is 4.79 Å². The second kappa shape index (κ2) is 2.84. The maximum atomic E-state index is 10.4. The zero-order chi connectivity index (χ0) is 7.56. The van der Waals surface area contributed by atoms with Crippen molar-refractivity contribution in [3.8, 4) is 0 Å². The first kappa shape index (κ1) is 7.28. The van der Waals surface area contributed by atoms with Gasteiger partial charge in [-0.05, 0) is 12.5 Å². The van der Waals surface area contributed by atoms with Gasteiger partial charge in [-0.2, -0.15) is 0 Å². The molecule has 0 aromatic heterocycles. The van der Waals surface area contributed by atoms with Gasteiger partial charge in [0.2, 0.25) is 0 Å². The zero-order valence-electron chi connectivity index (χ0n) is 5.91. The predicted molar refractivity (Wildman–Crippen MR) is 37.3 cm³/mol. The van der Waals surface area contributed by atoms with Crippen LogP contribution in [0.4, 0.5) is 0 Å². The fourth-order valence-electron chi connectivity index (χ4n) is 0.965. The highest BCUT2D eigenvalue weighted by Crippen LogP contribution is 2.11. The second-order valence-corrected chi connectivity index (χ2v) is 2.40. The van der Waals surface area contributed by atoms with Gasteiger partial charge in [0, 0.05) is 13.0 Å². The Morgan fingerprint density at radius 2 is 2.50 bits per heavy atom. The number of rotatable bonds is 1. The summed E-state index contributed by atoms with van der Waals surface area (Å²) in [5.74, 6) is -0.271. The van der Waals surface area contributed by atoms with E-state index in [1.807, 2.05) is 12.2 Å². The van der Waals surface area contributed by atoms with Gasteiger partial charge in [-0.25, -0.2) is 0 Å². The summed E-state index contributed by atoms with van der Waals surface area (Å²) < 4.78 is 4.87. The maximum absolute atomic E-state index is 10.4. The van der Waals surface area contributed by atoms with Gasteiger partial charge in [0.05, 0.1) is 0 Å². The van der Waals surface area contributed by atoms with Crippen molar-refractivity contribution in [2.24, 2.45) is 5.73 Å². The van der Waals surface area contributed by atoms with Crippen LogP contribution in [0.2, 0.25) is 0 Å². The van der Waals surface area contributed by atoms with Crippen LogP contribution < -0.4 is 5.73 Å². The van der Waals surface area contributed by atoms with E-state index in [0.29, 0.717) is 0 Å². The Morgan fingerprint density at radius 1 is 1.80 bits per heavy atom. The Bertz CT molecular complexity index is 165.